The Morgan fingerprint density at radius 3 is 2.26 bits per heavy atom. The highest BCUT2D eigenvalue weighted by molar-refractivity contribution is 5.92. The maximum absolute atomic E-state index is 13.4. The summed E-state index contributed by atoms with van der Waals surface area (Å²) in [6, 6.07) is 15.8. The molecule has 0 bridgehead atoms. The van der Waals surface area contributed by atoms with Crippen LogP contribution in [0.1, 0.15) is 37.8 Å². The van der Waals surface area contributed by atoms with E-state index in [-0.39, 0.29) is 24.3 Å². The third-order valence-electron chi connectivity index (χ3n) is 5.34. The molecule has 0 radical (unpaired) electrons. The van der Waals surface area contributed by atoms with Crippen molar-refractivity contribution in [3.63, 3.8) is 0 Å². The first kappa shape index (κ1) is 24.4. The Hall–Kier alpha value is -2.86. The van der Waals surface area contributed by atoms with Gasteiger partial charge < -0.3 is 19.9 Å². The van der Waals surface area contributed by atoms with Crippen LogP contribution in [0.4, 0.5) is 11.4 Å². The van der Waals surface area contributed by atoms with Gasteiger partial charge in [-0.3, -0.25) is 9.59 Å². The molecule has 0 heterocycles. The van der Waals surface area contributed by atoms with Crippen LogP contribution in [-0.4, -0.2) is 44.5 Å². The van der Waals surface area contributed by atoms with Crippen molar-refractivity contribution in [1.82, 2.24) is 4.90 Å². The van der Waals surface area contributed by atoms with Gasteiger partial charge in [-0.15, -0.1) is 0 Å². The number of benzene rings is 2. The summed E-state index contributed by atoms with van der Waals surface area (Å²) in [6.07, 6.45) is 1.63. The predicted molar refractivity (Wildman–Crippen MR) is 126 cm³/mol. The average molecular weight is 426 g/mol. The minimum atomic E-state index is -0.208. The number of hydrogen-bond acceptors (Lipinski definition) is 4. The van der Waals surface area contributed by atoms with Crippen LogP contribution in [0.2, 0.25) is 0 Å². The number of ether oxygens (including phenoxy) is 1. The standard InChI is InChI=1S/C25H35N3O3/c1-6-20(7-2)25(30)28(16-19-11-9-8-10-12-19)17-21-15-22(26-24(29)18-31-5)13-14-23(21)27(3)4/h8-15,20H,6-7,16-18H2,1-5H3,(H,26,29). The second kappa shape index (κ2) is 12.1. The van der Waals surface area contributed by atoms with E-state index in [0.717, 1.165) is 29.7 Å². The molecule has 0 aliphatic rings. The lowest BCUT2D eigenvalue weighted by Gasteiger charge is -2.29. The maximum atomic E-state index is 13.4. The van der Waals surface area contributed by atoms with E-state index < -0.39 is 0 Å². The van der Waals surface area contributed by atoms with Gasteiger partial charge in [0.15, 0.2) is 0 Å². The zero-order valence-electron chi connectivity index (χ0n) is 19.4. The number of amides is 2. The molecule has 2 rings (SSSR count). The van der Waals surface area contributed by atoms with Crippen molar-refractivity contribution in [2.45, 2.75) is 39.8 Å². The number of carbonyl (C=O) groups is 2. The van der Waals surface area contributed by atoms with E-state index in [9.17, 15) is 9.59 Å². The van der Waals surface area contributed by atoms with E-state index in [1.807, 2.05) is 72.4 Å². The smallest absolute Gasteiger partial charge is 0.250 e. The predicted octanol–water partition coefficient (Wildman–Crippen LogP) is 4.30. The van der Waals surface area contributed by atoms with Crippen LogP contribution in [0.25, 0.3) is 0 Å². The monoisotopic (exact) mass is 425 g/mol. The lowest BCUT2D eigenvalue weighted by molar-refractivity contribution is -0.137. The highest BCUT2D eigenvalue weighted by Crippen LogP contribution is 2.26. The topological polar surface area (TPSA) is 61.9 Å². The Labute approximate surface area is 186 Å². The van der Waals surface area contributed by atoms with Crippen LogP contribution in [0.3, 0.4) is 0 Å². The zero-order valence-corrected chi connectivity index (χ0v) is 19.4. The van der Waals surface area contributed by atoms with Gasteiger partial charge in [-0.05, 0) is 42.2 Å². The molecule has 31 heavy (non-hydrogen) atoms. The Morgan fingerprint density at radius 2 is 1.68 bits per heavy atom. The first-order valence-corrected chi connectivity index (χ1v) is 10.8. The van der Waals surface area contributed by atoms with Crippen LogP contribution >= 0.6 is 0 Å². The molecule has 0 spiro atoms. The SMILES string of the molecule is CCC(CC)C(=O)N(Cc1ccccc1)Cc1cc(NC(=O)COC)ccc1N(C)C. The summed E-state index contributed by atoms with van der Waals surface area (Å²) in [5, 5.41) is 2.86. The minimum absolute atomic E-state index is 0.00192. The number of hydrogen-bond donors (Lipinski definition) is 1. The fourth-order valence-electron chi connectivity index (χ4n) is 3.67. The van der Waals surface area contributed by atoms with Gasteiger partial charge in [0.2, 0.25) is 11.8 Å². The molecule has 0 aliphatic heterocycles. The minimum Gasteiger partial charge on any atom is -0.377 e. The van der Waals surface area contributed by atoms with Crippen molar-refractivity contribution in [3.05, 3.63) is 59.7 Å². The molecule has 2 aromatic carbocycles. The largest absolute Gasteiger partial charge is 0.377 e. The number of anilines is 2. The molecule has 0 unspecified atom stereocenters. The fraction of sp³-hybridized carbons (Fsp3) is 0.440. The van der Waals surface area contributed by atoms with E-state index in [1.54, 1.807) is 0 Å². The number of nitrogens with zero attached hydrogens (tertiary/aromatic N) is 2. The molecule has 6 nitrogen and oxygen atoms in total. The van der Waals surface area contributed by atoms with E-state index in [1.165, 1.54) is 7.11 Å². The molecule has 0 fully saturated rings. The normalized spacial score (nSPS) is 10.8. The Morgan fingerprint density at radius 1 is 1.00 bits per heavy atom. The summed E-state index contributed by atoms with van der Waals surface area (Å²) >= 11 is 0. The Balaban J connectivity index is 2.37. The molecule has 0 aliphatic carbocycles. The zero-order chi connectivity index (χ0) is 22.8. The van der Waals surface area contributed by atoms with Crippen LogP contribution in [-0.2, 0) is 27.4 Å². The van der Waals surface area contributed by atoms with Gasteiger partial charge in [0.1, 0.15) is 6.61 Å². The van der Waals surface area contributed by atoms with Crippen molar-refractivity contribution in [2.24, 2.45) is 5.92 Å². The molecular formula is C25H35N3O3. The van der Waals surface area contributed by atoms with Crippen LogP contribution in [0, 0.1) is 5.92 Å². The lowest BCUT2D eigenvalue weighted by atomic mass is 10.0. The van der Waals surface area contributed by atoms with E-state index in [4.69, 9.17) is 4.74 Å². The lowest BCUT2D eigenvalue weighted by Crippen LogP contribution is -2.35. The van der Waals surface area contributed by atoms with E-state index >= 15 is 0 Å². The summed E-state index contributed by atoms with van der Waals surface area (Å²) in [4.78, 5) is 29.3. The third kappa shape index (κ3) is 7.10. The van der Waals surface area contributed by atoms with Crippen LogP contribution in [0.15, 0.2) is 48.5 Å². The van der Waals surface area contributed by atoms with Crippen molar-refractivity contribution in [3.8, 4) is 0 Å². The summed E-state index contributed by atoms with van der Waals surface area (Å²) in [6.45, 7) is 5.13. The Kier molecular flexibility index (Phi) is 9.53. The van der Waals surface area contributed by atoms with Gasteiger partial charge in [0.05, 0.1) is 0 Å². The second-order valence-corrected chi connectivity index (χ2v) is 7.91. The highest BCUT2D eigenvalue weighted by Gasteiger charge is 2.23. The number of rotatable bonds is 11. The molecular weight excluding hydrogens is 390 g/mol. The molecule has 168 valence electrons. The van der Waals surface area contributed by atoms with Gasteiger partial charge in [-0.25, -0.2) is 0 Å². The van der Waals surface area contributed by atoms with Crippen molar-refractivity contribution >= 4 is 23.2 Å². The van der Waals surface area contributed by atoms with Gasteiger partial charge in [-0.2, -0.15) is 0 Å². The van der Waals surface area contributed by atoms with Gasteiger partial charge in [0.25, 0.3) is 0 Å². The summed E-state index contributed by atoms with van der Waals surface area (Å²) in [7, 11) is 5.45. The molecule has 6 heteroatoms. The van der Waals surface area contributed by atoms with Crippen molar-refractivity contribution < 1.29 is 14.3 Å². The number of methoxy groups -OCH3 is 1. The summed E-state index contributed by atoms with van der Waals surface area (Å²) in [5.74, 6) is -0.0520. The van der Waals surface area contributed by atoms with E-state index in [2.05, 4.69) is 19.2 Å². The number of nitrogens with one attached hydrogen (secondary N) is 1. The fourth-order valence-corrected chi connectivity index (χ4v) is 3.67. The highest BCUT2D eigenvalue weighted by atomic mass is 16.5. The summed E-state index contributed by atoms with van der Waals surface area (Å²) in [5.41, 5.74) is 3.78. The van der Waals surface area contributed by atoms with Crippen molar-refractivity contribution in [1.29, 1.82) is 0 Å². The second-order valence-electron chi connectivity index (χ2n) is 7.91. The summed E-state index contributed by atoms with van der Waals surface area (Å²) < 4.78 is 4.91. The molecule has 0 saturated heterocycles. The maximum Gasteiger partial charge on any atom is 0.250 e. The molecule has 0 saturated carbocycles. The van der Waals surface area contributed by atoms with Crippen molar-refractivity contribution in [2.75, 3.05) is 38.0 Å². The first-order chi connectivity index (χ1) is 14.9. The third-order valence-corrected chi connectivity index (χ3v) is 5.34. The molecule has 0 aromatic heterocycles. The average Bonchev–Trinajstić information content (AvgIpc) is 2.75. The number of carbonyl (C=O) groups excluding carboxylic acids is 2. The molecule has 0 atom stereocenters. The Bertz CT molecular complexity index is 848. The van der Waals surface area contributed by atoms with E-state index in [0.29, 0.717) is 18.8 Å². The van der Waals surface area contributed by atoms with Gasteiger partial charge in [-0.1, -0.05) is 44.2 Å². The first-order valence-electron chi connectivity index (χ1n) is 10.8. The van der Waals surface area contributed by atoms with Gasteiger partial charge in [0, 0.05) is 51.6 Å². The quantitative estimate of drug-likeness (QED) is 0.583. The van der Waals surface area contributed by atoms with Gasteiger partial charge >= 0.3 is 0 Å². The van der Waals surface area contributed by atoms with Crippen LogP contribution < -0.4 is 10.2 Å². The molecule has 2 aromatic rings. The molecule has 2 amide bonds. The van der Waals surface area contributed by atoms with Crippen LogP contribution in [0.5, 0.6) is 0 Å². The molecule has 1 N–H and O–H groups in total.